The molecule has 0 unspecified atom stereocenters. The third-order valence-electron chi connectivity index (χ3n) is 4.29. The van der Waals surface area contributed by atoms with Crippen LogP contribution in [-0.4, -0.2) is 29.8 Å². The number of hydrogen-bond acceptors (Lipinski definition) is 3. The monoisotopic (exact) mass is 275 g/mol. The normalized spacial score (nSPS) is 20.4. The van der Waals surface area contributed by atoms with Crippen molar-refractivity contribution in [2.45, 2.75) is 44.6 Å². The molecule has 1 aromatic rings. The number of carbonyl (C=O) groups excluding carboxylic acids is 1. The fraction of sp³-hybridized carbons (Fsp3) is 0.562. The van der Waals surface area contributed by atoms with E-state index in [2.05, 4.69) is 0 Å². The van der Waals surface area contributed by atoms with E-state index in [1.807, 2.05) is 25.1 Å². The molecule has 1 aliphatic heterocycles. The summed E-state index contributed by atoms with van der Waals surface area (Å²) in [5.41, 5.74) is 1.15. The van der Waals surface area contributed by atoms with E-state index in [1.165, 1.54) is 0 Å². The molecule has 1 saturated carbocycles. The maximum absolute atomic E-state index is 12.5. The number of rotatable bonds is 2. The minimum Gasteiger partial charge on any atom is -0.490 e. The SMILES string of the molecule is Cc1ccc2c(c1)OCCN2C(=O)CC1(O)CCCC1. The standard InChI is InChI=1S/C16H21NO3/c1-12-4-5-13-14(10-12)20-9-8-17(13)15(18)11-16(19)6-2-3-7-16/h4-5,10,19H,2-3,6-9,11H2,1H3. The third-order valence-corrected chi connectivity index (χ3v) is 4.29. The fourth-order valence-corrected chi connectivity index (χ4v) is 3.17. The molecular formula is C16H21NO3. The lowest BCUT2D eigenvalue weighted by Crippen LogP contribution is -2.42. The van der Waals surface area contributed by atoms with E-state index < -0.39 is 5.60 Å². The predicted molar refractivity (Wildman–Crippen MR) is 77.1 cm³/mol. The van der Waals surface area contributed by atoms with Crippen molar-refractivity contribution in [3.8, 4) is 5.75 Å². The number of benzene rings is 1. The maximum Gasteiger partial charge on any atom is 0.230 e. The minimum atomic E-state index is -0.791. The molecule has 4 heteroatoms. The van der Waals surface area contributed by atoms with Crippen LogP contribution in [0, 0.1) is 6.92 Å². The van der Waals surface area contributed by atoms with Crippen molar-refractivity contribution in [1.82, 2.24) is 0 Å². The molecule has 3 rings (SSSR count). The topological polar surface area (TPSA) is 49.8 Å². The predicted octanol–water partition coefficient (Wildman–Crippen LogP) is 2.42. The van der Waals surface area contributed by atoms with E-state index >= 15 is 0 Å². The number of carbonyl (C=O) groups is 1. The molecule has 108 valence electrons. The Kier molecular flexibility index (Phi) is 3.42. The first kappa shape index (κ1) is 13.4. The second kappa shape index (κ2) is 5.09. The van der Waals surface area contributed by atoms with Gasteiger partial charge in [0.15, 0.2) is 0 Å². The second-order valence-electron chi connectivity index (χ2n) is 5.97. The molecule has 0 bridgehead atoms. The van der Waals surface area contributed by atoms with Gasteiger partial charge in [-0.05, 0) is 37.5 Å². The van der Waals surface area contributed by atoms with E-state index in [1.54, 1.807) is 4.90 Å². The van der Waals surface area contributed by atoms with Crippen molar-refractivity contribution in [3.05, 3.63) is 23.8 Å². The van der Waals surface area contributed by atoms with Crippen LogP contribution in [0.1, 0.15) is 37.7 Å². The quantitative estimate of drug-likeness (QED) is 0.901. The van der Waals surface area contributed by atoms with Crippen LogP contribution in [0.15, 0.2) is 18.2 Å². The molecule has 1 aromatic carbocycles. The van der Waals surface area contributed by atoms with E-state index in [9.17, 15) is 9.90 Å². The number of anilines is 1. The summed E-state index contributed by atoms with van der Waals surface area (Å²) in [5, 5.41) is 10.4. The van der Waals surface area contributed by atoms with Crippen LogP contribution in [0.4, 0.5) is 5.69 Å². The summed E-state index contributed by atoms with van der Waals surface area (Å²) in [7, 11) is 0. The lowest BCUT2D eigenvalue weighted by Gasteiger charge is -2.32. The van der Waals surface area contributed by atoms with Gasteiger partial charge in [-0.2, -0.15) is 0 Å². The Balaban J connectivity index is 1.80. The van der Waals surface area contributed by atoms with Crippen LogP contribution in [0.3, 0.4) is 0 Å². The first-order chi connectivity index (χ1) is 9.57. The summed E-state index contributed by atoms with van der Waals surface area (Å²) >= 11 is 0. The summed E-state index contributed by atoms with van der Waals surface area (Å²) in [6, 6.07) is 5.87. The lowest BCUT2D eigenvalue weighted by atomic mass is 9.97. The average molecular weight is 275 g/mol. The van der Waals surface area contributed by atoms with Crippen molar-refractivity contribution >= 4 is 11.6 Å². The molecule has 0 radical (unpaired) electrons. The van der Waals surface area contributed by atoms with Crippen molar-refractivity contribution < 1.29 is 14.6 Å². The molecular weight excluding hydrogens is 254 g/mol. The Morgan fingerprint density at radius 3 is 2.90 bits per heavy atom. The van der Waals surface area contributed by atoms with Crippen LogP contribution < -0.4 is 9.64 Å². The largest absolute Gasteiger partial charge is 0.490 e. The van der Waals surface area contributed by atoms with Gasteiger partial charge < -0.3 is 14.7 Å². The first-order valence-electron chi connectivity index (χ1n) is 7.34. The third kappa shape index (κ3) is 2.52. The molecule has 0 spiro atoms. The number of aliphatic hydroxyl groups is 1. The van der Waals surface area contributed by atoms with Gasteiger partial charge in [0.05, 0.1) is 24.3 Å². The Bertz CT molecular complexity index is 520. The summed E-state index contributed by atoms with van der Waals surface area (Å²) in [6.07, 6.45) is 3.74. The van der Waals surface area contributed by atoms with Gasteiger partial charge in [0.1, 0.15) is 12.4 Å². The van der Waals surface area contributed by atoms with Gasteiger partial charge in [0.2, 0.25) is 5.91 Å². The highest BCUT2D eigenvalue weighted by atomic mass is 16.5. The van der Waals surface area contributed by atoms with Gasteiger partial charge in [-0.3, -0.25) is 4.79 Å². The van der Waals surface area contributed by atoms with Crippen LogP contribution in [-0.2, 0) is 4.79 Å². The van der Waals surface area contributed by atoms with Crippen molar-refractivity contribution in [2.24, 2.45) is 0 Å². The van der Waals surface area contributed by atoms with Crippen LogP contribution in [0.25, 0.3) is 0 Å². The smallest absolute Gasteiger partial charge is 0.230 e. The zero-order valence-corrected chi connectivity index (χ0v) is 11.9. The summed E-state index contributed by atoms with van der Waals surface area (Å²) in [4.78, 5) is 14.3. The lowest BCUT2D eigenvalue weighted by molar-refractivity contribution is -0.123. The van der Waals surface area contributed by atoms with Gasteiger partial charge in [-0.1, -0.05) is 18.9 Å². The van der Waals surface area contributed by atoms with Crippen molar-refractivity contribution in [3.63, 3.8) is 0 Å². The van der Waals surface area contributed by atoms with Gasteiger partial charge in [-0.15, -0.1) is 0 Å². The molecule has 2 aliphatic rings. The van der Waals surface area contributed by atoms with Gasteiger partial charge in [-0.25, -0.2) is 0 Å². The van der Waals surface area contributed by atoms with Crippen LogP contribution in [0.2, 0.25) is 0 Å². The number of hydrogen-bond donors (Lipinski definition) is 1. The fourth-order valence-electron chi connectivity index (χ4n) is 3.17. The molecule has 1 amide bonds. The molecule has 1 N–H and O–H groups in total. The second-order valence-corrected chi connectivity index (χ2v) is 5.97. The number of ether oxygens (including phenoxy) is 1. The zero-order valence-electron chi connectivity index (χ0n) is 11.9. The minimum absolute atomic E-state index is 0.00260. The van der Waals surface area contributed by atoms with E-state index in [0.717, 1.165) is 42.7 Å². The first-order valence-corrected chi connectivity index (χ1v) is 7.34. The molecule has 0 aromatic heterocycles. The molecule has 1 aliphatic carbocycles. The summed E-state index contributed by atoms with van der Waals surface area (Å²) in [5.74, 6) is 0.769. The van der Waals surface area contributed by atoms with Crippen molar-refractivity contribution in [1.29, 1.82) is 0 Å². The van der Waals surface area contributed by atoms with Crippen LogP contribution >= 0.6 is 0 Å². The van der Waals surface area contributed by atoms with Crippen molar-refractivity contribution in [2.75, 3.05) is 18.1 Å². The molecule has 0 atom stereocenters. The van der Waals surface area contributed by atoms with E-state index in [-0.39, 0.29) is 12.3 Å². The highest BCUT2D eigenvalue weighted by Gasteiger charge is 2.36. The summed E-state index contributed by atoms with van der Waals surface area (Å²) in [6.45, 7) is 3.08. The highest BCUT2D eigenvalue weighted by molar-refractivity contribution is 5.96. The highest BCUT2D eigenvalue weighted by Crippen LogP contribution is 2.36. The molecule has 20 heavy (non-hydrogen) atoms. The zero-order chi connectivity index (χ0) is 14.2. The Hall–Kier alpha value is -1.55. The Labute approximate surface area is 119 Å². The Morgan fingerprint density at radius 2 is 2.15 bits per heavy atom. The van der Waals surface area contributed by atoms with E-state index in [4.69, 9.17) is 4.74 Å². The van der Waals surface area contributed by atoms with Crippen LogP contribution in [0.5, 0.6) is 5.75 Å². The van der Waals surface area contributed by atoms with Gasteiger partial charge >= 0.3 is 0 Å². The van der Waals surface area contributed by atoms with E-state index in [0.29, 0.717) is 13.2 Å². The Morgan fingerprint density at radius 1 is 1.40 bits per heavy atom. The number of nitrogens with zero attached hydrogens (tertiary/aromatic N) is 1. The molecule has 4 nitrogen and oxygen atoms in total. The maximum atomic E-state index is 12.5. The molecule has 0 saturated heterocycles. The number of fused-ring (bicyclic) bond motifs is 1. The number of amides is 1. The summed E-state index contributed by atoms with van der Waals surface area (Å²) < 4.78 is 5.62. The van der Waals surface area contributed by atoms with Gasteiger partial charge in [0.25, 0.3) is 0 Å². The van der Waals surface area contributed by atoms with Gasteiger partial charge in [0, 0.05) is 0 Å². The number of aryl methyl sites for hydroxylation is 1. The average Bonchev–Trinajstić information content (AvgIpc) is 2.84. The molecule has 1 fully saturated rings. The molecule has 1 heterocycles.